The average Bonchev–Trinajstić information content (AvgIpc) is 2.67. The summed E-state index contributed by atoms with van der Waals surface area (Å²) in [7, 11) is 0.387. The zero-order valence-corrected chi connectivity index (χ0v) is 18.6. The van der Waals surface area contributed by atoms with E-state index in [2.05, 4.69) is 46.1 Å². The highest BCUT2D eigenvalue weighted by molar-refractivity contribution is 7.89. The molecule has 0 bridgehead atoms. The molecule has 0 aliphatic carbocycles. The summed E-state index contributed by atoms with van der Waals surface area (Å²) in [5.41, 5.74) is 2.83. The fourth-order valence-corrected chi connectivity index (χ4v) is 4.28. The van der Waals surface area contributed by atoms with Crippen molar-refractivity contribution in [3.8, 4) is 0 Å². The number of nitrogens with one attached hydrogen (secondary N) is 2. The molecule has 158 valence electrons. The predicted octanol–water partition coefficient (Wildman–Crippen LogP) is 2.97. The Kier molecular flexibility index (Phi) is 7.96. The number of benzene rings is 2. The normalized spacial score (nSPS) is 12.9. The van der Waals surface area contributed by atoms with Crippen LogP contribution < -0.4 is 10.0 Å². The molecule has 0 saturated carbocycles. The van der Waals surface area contributed by atoms with E-state index in [4.69, 9.17) is 0 Å². The largest absolute Gasteiger partial charge is 0.350 e. The smallest absolute Gasteiger partial charge is 0.251 e. The minimum atomic E-state index is -3.57. The first-order chi connectivity index (χ1) is 13.6. The zero-order chi connectivity index (χ0) is 21.6. The van der Waals surface area contributed by atoms with E-state index in [-0.39, 0.29) is 22.9 Å². The molecule has 29 heavy (non-hydrogen) atoms. The molecule has 0 radical (unpaired) electrons. The molecule has 0 heterocycles. The van der Waals surface area contributed by atoms with Crippen molar-refractivity contribution in [2.45, 2.75) is 44.2 Å². The number of rotatable bonds is 9. The highest BCUT2D eigenvalue weighted by Gasteiger charge is 2.18. The van der Waals surface area contributed by atoms with Crippen LogP contribution in [-0.4, -0.2) is 45.9 Å². The van der Waals surface area contributed by atoms with Crippen molar-refractivity contribution in [3.63, 3.8) is 0 Å². The molecule has 0 saturated heterocycles. The van der Waals surface area contributed by atoms with Crippen molar-refractivity contribution in [2.24, 2.45) is 0 Å². The number of sulfonamides is 1. The van der Waals surface area contributed by atoms with Crippen LogP contribution in [0.1, 0.15) is 48.3 Å². The number of aryl methyl sites for hydroxylation is 1. The van der Waals surface area contributed by atoms with Gasteiger partial charge in [-0.3, -0.25) is 4.79 Å². The third-order valence-corrected chi connectivity index (χ3v) is 6.34. The van der Waals surface area contributed by atoms with Crippen molar-refractivity contribution in [1.82, 2.24) is 14.9 Å². The van der Waals surface area contributed by atoms with Crippen molar-refractivity contribution in [1.29, 1.82) is 0 Å². The Morgan fingerprint density at radius 1 is 1.00 bits per heavy atom. The van der Waals surface area contributed by atoms with E-state index in [1.807, 2.05) is 14.1 Å². The van der Waals surface area contributed by atoms with Gasteiger partial charge in [0, 0.05) is 18.2 Å². The Labute approximate surface area is 174 Å². The Morgan fingerprint density at radius 2 is 1.59 bits per heavy atom. The number of hydrogen-bond acceptors (Lipinski definition) is 4. The number of likely N-dealkylation sites (N-methyl/N-ethyl adjacent to an activating group) is 1. The number of carbonyl (C=O) groups is 1. The summed E-state index contributed by atoms with van der Waals surface area (Å²) >= 11 is 0. The standard InChI is InChI=1S/C22H31N3O3S/c1-6-17-7-9-18(10-8-17)21(25(4)5)15-23-22(26)19-11-13-20(14-12-19)29(27,28)24-16(2)3/h7-14,16,21,24H,6,15H2,1-5H3,(H,23,26). The number of carbonyl (C=O) groups excluding carboxylic acids is 1. The van der Waals surface area contributed by atoms with Gasteiger partial charge in [-0.05, 0) is 69.8 Å². The highest BCUT2D eigenvalue weighted by Crippen LogP contribution is 2.19. The van der Waals surface area contributed by atoms with Crippen LogP contribution in [0.15, 0.2) is 53.4 Å². The molecule has 1 atom stereocenters. The molecule has 7 heteroatoms. The number of hydrogen-bond donors (Lipinski definition) is 2. The fourth-order valence-electron chi connectivity index (χ4n) is 3.03. The highest BCUT2D eigenvalue weighted by atomic mass is 32.2. The molecule has 0 aliphatic heterocycles. The topological polar surface area (TPSA) is 78.5 Å². The number of nitrogens with zero attached hydrogens (tertiary/aromatic N) is 1. The van der Waals surface area contributed by atoms with Crippen molar-refractivity contribution < 1.29 is 13.2 Å². The quantitative estimate of drug-likeness (QED) is 0.658. The summed E-state index contributed by atoms with van der Waals surface area (Å²) in [6.07, 6.45) is 0.988. The second kappa shape index (κ2) is 10.0. The summed E-state index contributed by atoms with van der Waals surface area (Å²) in [5.74, 6) is -0.234. The molecule has 2 N–H and O–H groups in total. The van der Waals surface area contributed by atoms with Crippen LogP contribution in [-0.2, 0) is 16.4 Å². The molecule has 2 rings (SSSR count). The van der Waals surface area contributed by atoms with Crippen LogP contribution in [0.5, 0.6) is 0 Å². The van der Waals surface area contributed by atoms with Crippen LogP contribution in [0.25, 0.3) is 0 Å². The molecule has 0 aromatic heterocycles. The van der Waals surface area contributed by atoms with Gasteiger partial charge in [0.2, 0.25) is 10.0 Å². The van der Waals surface area contributed by atoms with Gasteiger partial charge in [0.1, 0.15) is 0 Å². The van der Waals surface area contributed by atoms with E-state index in [1.165, 1.54) is 29.8 Å². The lowest BCUT2D eigenvalue weighted by atomic mass is 10.0. The number of amides is 1. The first-order valence-electron chi connectivity index (χ1n) is 9.80. The lowest BCUT2D eigenvalue weighted by Gasteiger charge is -2.25. The maximum Gasteiger partial charge on any atom is 0.251 e. The Bertz CT molecular complexity index is 905. The minimum Gasteiger partial charge on any atom is -0.350 e. The second-order valence-electron chi connectivity index (χ2n) is 7.58. The first-order valence-corrected chi connectivity index (χ1v) is 11.3. The van der Waals surface area contributed by atoms with Crippen molar-refractivity contribution in [3.05, 3.63) is 65.2 Å². The van der Waals surface area contributed by atoms with E-state index < -0.39 is 10.0 Å². The summed E-state index contributed by atoms with van der Waals surface area (Å²) in [6, 6.07) is 14.2. The maximum atomic E-state index is 12.5. The Balaban J connectivity index is 2.06. The van der Waals surface area contributed by atoms with Crippen LogP contribution >= 0.6 is 0 Å². The molecular formula is C22H31N3O3S. The van der Waals surface area contributed by atoms with Crippen LogP contribution in [0.3, 0.4) is 0 Å². The predicted molar refractivity (Wildman–Crippen MR) is 116 cm³/mol. The summed E-state index contributed by atoms with van der Waals surface area (Å²) in [5, 5.41) is 2.95. The third-order valence-electron chi connectivity index (χ3n) is 4.67. The Morgan fingerprint density at radius 3 is 2.07 bits per heavy atom. The lowest BCUT2D eigenvalue weighted by Crippen LogP contribution is -2.34. The van der Waals surface area contributed by atoms with Crippen LogP contribution in [0.4, 0.5) is 0 Å². The van der Waals surface area contributed by atoms with E-state index in [1.54, 1.807) is 13.8 Å². The average molecular weight is 418 g/mol. The summed E-state index contributed by atoms with van der Waals surface area (Å²) in [4.78, 5) is 14.8. The van der Waals surface area contributed by atoms with Crippen molar-refractivity contribution >= 4 is 15.9 Å². The van der Waals surface area contributed by atoms with E-state index in [9.17, 15) is 13.2 Å². The Hall–Kier alpha value is -2.22. The van der Waals surface area contributed by atoms with E-state index in [0.717, 1.165) is 12.0 Å². The van der Waals surface area contributed by atoms with E-state index in [0.29, 0.717) is 12.1 Å². The molecule has 0 spiro atoms. The fraction of sp³-hybridized carbons (Fsp3) is 0.409. The van der Waals surface area contributed by atoms with Gasteiger partial charge in [-0.15, -0.1) is 0 Å². The van der Waals surface area contributed by atoms with Gasteiger partial charge < -0.3 is 10.2 Å². The van der Waals surface area contributed by atoms with E-state index >= 15 is 0 Å². The second-order valence-corrected chi connectivity index (χ2v) is 9.30. The zero-order valence-electron chi connectivity index (χ0n) is 17.8. The van der Waals surface area contributed by atoms with Crippen LogP contribution in [0.2, 0.25) is 0 Å². The summed E-state index contributed by atoms with van der Waals surface area (Å²) in [6.45, 7) is 6.09. The first kappa shape index (κ1) is 23.1. The molecule has 6 nitrogen and oxygen atoms in total. The molecular weight excluding hydrogens is 386 g/mol. The monoisotopic (exact) mass is 417 g/mol. The van der Waals surface area contributed by atoms with Gasteiger partial charge in [-0.25, -0.2) is 13.1 Å². The molecule has 1 amide bonds. The molecule has 1 unspecified atom stereocenters. The van der Waals surface area contributed by atoms with Gasteiger partial charge >= 0.3 is 0 Å². The molecule has 2 aromatic carbocycles. The molecule has 0 aliphatic rings. The van der Waals surface area contributed by atoms with Gasteiger partial charge in [-0.2, -0.15) is 0 Å². The van der Waals surface area contributed by atoms with Gasteiger partial charge in [0.05, 0.1) is 10.9 Å². The van der Waals surface area contributed by atoms with Gasteiger partial charge in [0.25, 0.3) is 5.91 Å². The van der Waals surface area contributed by atoms with Gasteiger partial charge in [0.15, 0.2) is 0 Å². The third kappa shape index (κ3) is 6.39. The van der Waals surface area contributed by atoms with Gasteiger partial charge in [-0.1, -0.05) is 31.2 Å². The lowest BCUT2D eigenvalue weighted by molar-refractivity contribution is 0.0942. The van der Waals surface area contributed by atoms with Crippen LogP contribution in [0, 0.1) is 0 Å². The minimum absolute atomic E-state index is 0.0414. The SMILES string of the molecule is CCc1ccc(C(CNC(=O)c2ccc(S(=O)(=O)NC(C)C)cc2)N(C)C)cc1. The molecule has 0 fully saturated rings. The maximum absolute atomic E-state index is 12.5. The summed E-state index contributed by atoms with van der Waals surface area (Å²) < 4.78 is 26.9. The van der Waals surface area contributed by atoms with Crippen molar-refractivity contribution in [2.75, 3.05) is 20.6 Å². The molecule has 2 aromatic rings.